The molecule has 0 spiro atoms. The van der Waals surface area contributed by atoms with Crippen LogP contribution in [0.1, 0.15) is 45.3 Å². The standard InChI is InChI=1S/C18H21N5OS/c1-4-25-17-21-16-20-12-9-18(2,3)10-13(24)14(12)15(23(16)22-17)11-7-5-6-8-19-11/h5-8,15H,4,9-10H2,1-3H3,(H,20,21,22). The summed E-state index contributed by atoms with van der Waals surface area (Å²) in [6, 6.07) is 5.47. The highest BCUT2D eigenvalue weighted by Crippen LogP contribution is 2.45. The summed E-state index contributed by atoms with van der Waals surface area (Å²) in [5, 5.41) is 8.73. The van der Waals surface area contributed by atoms with Gasteiger partial charge in [-0.1, -0.05) is 38.6 Å². The van der Waals surface area contributed by atoms with Crippen LogP contribution in [0.25, 0.3) is 0 Å². The highest BCUT2D eigenvalue weighted by atomic mass is 32.2. The molecule has 2 aromatic rings. The zero-order valence-corrected chi connectivity index (χ0v) is 15.4. The quantitative estimate of drug-likeness (QED) is 0.850. The number of hydrogen-bond donors (Lipinski definition) is 1. The van der Waals surface area contributed by atoms with Crippen molar-refractivity contribution in [2.75, 3.05) is 11.1 Å². The normalized spacial score (nSPS) is 21.6. The van der Waals surface area contributed by atoms with Gasteiger partial charge in [-0.25, -0.2) is 4.68 Å². The fourth-order valence-corrected chi connectivity index (χ4v) is 4.15. The Morgan fingerprint density at radius 3 is 2.92 bits per heavy atom. The van der Waals surface area contributed by atoms with E-state index in [1.54, 1.807) is 18.0 Å². The van der Waals surface area contributed by atoms with E-state index in [4.69, 9.17) is 0 Å². The van der Waals surface area contributed by atoms with Crippen LogP contribution in [-0.4, -0.2) is 31.3 Å². The molecule has 0 aromatic carbocycles. The molecule has 7 heteroatoms. The monoisotopic (exact) mass is 355 g/mol. The van der Waals surface area contributed by atoms with Crippen LogP contribution in [0.5, 0.6) is 0 Å². The van der Waals surface area contributed by atoms with Crippen LogP contribution in [0.2, 0.25) is 0 Å². The Hall–Kier alpha value is -2.15. The van der Waals surface area contributed by atoms with Gasteiger partial charge in [-0.3, -0.25) is 9.78 Å². The van der Waals surface area contributed by atoms with E-state index in [0.717, 1.165) is 34.3 Å². The number of ketones is 1. The van der Waals surface area contributed by atoms with Crippen LogP contribution in [0.3, 0.4) is 0 Å². The smallest absolute Gasteiger partial charge is 0.227 e. The Bertz CT molecular complexity index is 856. The summed E-state index contributed by atoms with van der Waals surface area (Å²) in [7, 11) is 0. The van der Waals surface area contributed by atoms with Gasteiger partial charge in [0, 0.05) is 23.9 Å². The number of rotatable bonds is 3. The first kappa shape index (κ1) is 16.3. The number of hydrogen-bond acceptors (Lipinski definition) is 6. The maximum Gasteiger partial charge on any atom is 0.227 e. The third-order valence-electron chi connectivity index (χ3n) is 4.55. The molecular weight excluding hydrogens is 334 g/mol. The molecule has 0 saturated carbocycles. The minimum absolute atomic E-state index is 0.0548. The maximum atomic E-state index is 13.0. The Morgan fingerprint density at radius 1 is 1.36 bits per heavy atom. The molecule has 25 heavy (non-hydrogen) atoms. The van der Waals surface area contributed by atoms with Gasteiger partial charge in [-0.15, -0.1) is 5.10 Å². The largest absolute Gasteiger partial charge is 0.328 e. The Balaban J connectivity index is 1.88. The summed E-state index contributed by atoms with van der Waals surface area (Å²) in [4.78, 5) is 22.1. The molecule has 0 fully saturated rings. The van der Waals surface area contributed by atoms with Crippen molar-refractivity contribution in [1.29, 1.82) is 0 Å². The molecule has 0 radical (unpaired) electrons. The molecule has 0 amide bonds. The van der Waals surface area contributed by atoms with Crippen molar-refractivity contribution >= 4 is 23.5 Å². The van der Waals surface area contributed by atoms with Crippen LogP contribution in [0.4, 0.5) is 5.95 Å². The predicted molar refractivity (Wildman–Crippen MR) is 97.5 cm³/mol. The van der Waals surface area contributed by atoms with E-state index in [2.05, 4.69) is 41.2 Å². The van der Waals surface area contributed by atoms with Gasteiger partial charge in [-0.2, -0.15) is 4.98 Å². The van der Waals surface area contributed by atoms with E-state index >= 15 is 0 Å². The van der Waals surface area contributed by atoms with Crippen molar-refractivity contribution in [3.63, 3.8) is 0 Å². The average molecular weight is 355 g/mol. The lowest BCUT2D eigenvalue weighted by atomic mass is 9.73. The third kappa shape index (κ3) is 2.86. The van der Waals surface area contributed by atoms with Crippen molar-refractivity contribution in [2.24, 2.45) is 5.41 Å². The molecule has 130 valence electrons. The molecule has 2 aromatic heterocycles. The molecule has 0 bridgehead atoms. The van der Waals surface area contributed by atoms with Crippen LogP contribution in [0, 0.1) is 5.41 Å². The van der Waals surface area contributed by atoms with Crippen LogP contribution >= 0.6 is 11.8 Å². The van der Waals surface area contributed by atoms with Crippen molar-refractivity contribution < 1.29 is 4.79 Å². The summed E-state index contributed by atoms with van der Waals surface area (Å²) >= 11 is 1.59. The minimum atomic E-state index is -0.310. The minimum Gasteiger partial charge on any atom is -0.328 e. The lowest BCUT2D eigenvalue weighted by Crippen LogP contribution is -2.36. The number of nitrogens with one attached hydrogen (secondary N) is 1. The summed E-state index contributed by atoms with van der Waals surface area (Å²) in [6.45, 7) is 6.33. The molecule has 3 heterocycles. The fourth-order valence-electron chi connectivity index (χ4n) is 3.59. The zero-order valence-electron chi connectivity index (χ0n) is 14.6. The molecule has 1 atom stereocenters. The molecule has 6 nitrogen and oxygen atoms in total. The van der Waals surface area contributed by atoms with E-state index in [0.29, 0.717) is 12.4 Å². The Morgan fingerprint density at radius 2 is 2.20 bits per heavy atom. The highest BCUT2D eigenvalue weighted by Gasteiger charge is 2.42. The van der Waals surface area contributed by atoms with Gasteiger partial charge in [0.2, 0.25) is 11.1 Å². The molecule has 0 saturated heterocycles. The topological polar surface area (TPSA) is 72.7 Å². The van der Waals surface area contributed by atoms with Gasteiger partial charge in [0.25, 0.3) is 0 Å². The number of thioether (sulfide) groups is 1. The summed E-state index contributed by atoms with van der Waals surface area (Å²) < 4.78 is 1.81. The molecule has 2 aliphatic rings. The van der Waals surface area contributed by atoms with E-state index in [9.17, 15) is 4.79 Å². The Labute approximate surface area is 151 Å². The predicted octanol–water partition coefficient (Wildman–Crippen LogP) is 3.44. The fraction of sp³-hybridized carbons (Fsp3) is 0.444. The molecule has 1 N–H and O–H groups in total. The average Bonchev–Trinajstić information content (AvgIpc) is 2.95. The van der Waals surface area contributed by atoms with Crippen molar-refractivity contribution in [1.82, 2.24) is 19.7 Å². The molecular formula is C18H21N5OS. The highest BCUT2D eigenvalue weighted by molar-refractivity contribution is 7.99. The Kier molecular flexibility index (Phi) is 3.91. The molecule has 4 rings (SSSR count). The van der Waals surface area contributed by atoms with E-state index < -0.39 is 0 Å². The summed E-state index contributed by atoms with van der Waals surface area (Å²) in [5.74, 6) is 1.76. The first-order chi connectivity index (χ1) is 12.0. The van der Waals surface area contributed by atoms with Gasteiger partial charge in [0.05, 0.1) is 5.69 Å². The summed E-state index contributed by atoms with van der Waals surface area (Å²) in [5.41, 5.74) is 2.51. The molecule has 1 aliphatic heterocycles. The first-order valence-electron chi connectivity index (χ1n) is 8.52. The van der Waals surface area contributed by atoms with Crippen molar-refractivity contribution in [3.05, 3.63) is 41.4 Å². The number of anilines is 1. The van der Waals surface area contributed by atoms with Gasteiger partial charge in [0.1, 0.15) is 6.04 Å². The van der Waals surface area contributed by atoms with E-state index in [1.807, 2.05) is 22.9 Å². The SMILES string of the molecule is CCSc1nc2n(n1)C(c1ccccn1)C1=C(CC(C)(C)CC1=O)N2. The number of Topliss-reactive ketones (excluding diaryl/α,β-unsaturated/α-hetero) is 1. The second kappa shape index (κ2) is 5.98. The van der Waals surface area contributed by atoms with Gasteiger partial charge in [-0.05, 0) is 29.7 Å². The van der Waals surface area contributed by atoms with Crippen LogP contribution < -0.4 is 5.32 Å². The van der Waals surface area contributed by atoms with Gasteiger partial charge in [0.15, 0.2) is 5.78 Å². The number of allylic oxidation sites excluding steroid dienone is 2. The number of pyridine rings is 1. The second-order valence-electron chi connectivity index (χ2n) is 7.21. The van der Waals surface area contributed by atoms with Gasteiger partial charge >= 0.3 is 0 Å². The number of nitrogens with zero attached hydrogens (tertiary/aromatic N) is 4. The summed E-state index contributed by atoms with van der Waals surface area (Å²) in [6.07, 6.45) is 3.12. The second-order valence-corrected chi connectivity index (χ2v) is 8.44. The molecule has 1 unspecified atom stereocenters. The van der Waals surface area contributed by atoms with E-state index in [1.165, 1.54) is 0 Å². The van der Waals surface area contributed by atoms with Crippen LogP contribution in [0.15, 0.2) is 40.8 Å². The van der Waals surface area contributed by atoms with Crippen LogP contribution in [-0.2, 0) is 4.79 Å². The number of carbonyl (C=O) groups is 1. The van der Waals surface area contributed by atoms with E-state index in [-0.39, 0.29) is 17.2 Å². The maximum absolute atomic E-state index is 13.0. The zero-order chi connectivity index (χ0) is 17.6. The van der Waals surface area contributed by atoms with Gasteiger partial charge < -0.3 is 5.32 Å². The molecule has 1 aliphatic carbocycles. The third-order valence-corrected chi connectivity index (χ3v) is 5.27. The first-order valence-corrected chi connectivity index (χ1v) is 9.50. The lowest BCUT2D eigenvalue weighted by molar-refractivity contribution is -0.118. The number of aromatic nitrogens is 4. The number of carbonyl (C=O) groups excluding carboxylic acids is 1. The van der Waals surface area contributed by atoms with Crippen molar-refractivity contribution in [3.8, 4) is 0 Å². The lowest BCUT2D eigenvalue weighted by Gasteiger charge is -2.37. The number of fused-ring (bicyclic) bond motifs is 1. The van der Waals surface area contributed by atoms with Crippen molar-refractivity contribution in [2.45, 2.75) is 44.8 Å².